The van der Waals surface area contributed by atoms with Crippen LogP contribution in [0.3, 0.4) is 0 Å². The Bertz CT molecular complexity index is 692. The summed E-state index contributed by atoms with van der Waals surface area (Å²) in [7, 11) is 0. The molecule has 1 N–H and O–H groups in total. The first kappa shape index (κ1) is 13.7. The first-order chi connectivity index (χ1) is 10.1. The molecule has 2 aromatic carbocycles. The standard InChI is InChI=1S/C18H19NO2/c1-12-10-16(20)13(2)17-15(12)8-9-19(18(17)21)11-14-6-4-3-5-7-14/h3-7,10,20H,8-9,11H2,1-2H3. The summed E-state index contributed by atoms with van der Waals surface area (Å²) in [6, 6.07) is 11.8. The van der Waals surface area contributed by atoms with E-state index < -0.39 is 0 Å². The Balaban J connectivity index is 1.96. The van der Waals surface area contributed by atoms with Crippen molar-refractivity contribution in [2.75, 3.05) is 6.54 Å². The molecule has 1 aliphatic heterocycles. The minimum absolute atomic E-state index is 0.0246. The highest BCUT2D eigenvalue weighted by molar-refractivity contribution is 5.99. The van der Waals surface area contributed by atoms with E-state index in [0.29, 0.717) is 17.7 Å². The molecule has 2 aromatic rings. The van der Waals surface area contributed by atoms with E-state index in [1.165, 1.54) is 0 Å². The van der Waals surface area contributed by atoms with Crippen molar-refractivity contribution in [1.82, 2.24) is 4.90 Å². The molecule has 1 heterocycles. The van der Waals surface area contributed by atoms with Gasteiger partial charge in [-0.1, -0.05) is 30.3 Å². The molecule has 3 nitrogen and oxygen atoms in total. The van der Waals surface area contributed by atoms with Crippen LogP contribution in [0.25, 0.3) is 0 Å². The summed E-state index contributed by atoms with van der Waals surface area (Å²) in [5.74, 6) is 0.234. The van der Waals surface area contributed by atoms with Gasteiger partial charge in [-0.05, 0) is 43.0 Å². The van der Waals surface area contributed by atoms with Gasteiger partial charge < -0.3 is 10.0 Å². The zero-order valence-electron chi connectivity index (χ0n) is 12.4. The fourth-order valence-corrected chi connectivity index (χ4v) is 3.02. The van der Waals surface area contributed by atoms with Crippen molar-refractivity contribution in [3.8, 4) is 5.75 Å². The second kappa shape index (κ2) is 5.24. The maximum atomic E-state index is 12.8. The zero-order valence-corrected chi connectivity index (χ0v) is 12.4. The number of amides is 1. The van der Waals surface area contributed by atoms with Crippen molar-refractivity contribution in [2.24, 2.45) is 0 Å². The van der Waals surface area contributed by atoms with Crippen LogP contribution < -0.4 is 0 Å². The van der Waals surface area contributed by atoms with Crippen LogP contribution in [-0.4, -0.2) is 22.5 Å². The number of benzene rings is 2. The molecule has 1 amide bonds. The lowest BCUT2D eigenvalue weighted by Gasteiger charge is -2.31. The van der Waals surface area contributed by atoms with Crippen molar-refractivity contribution in [3.63, 3.8) is 0 Å². The molecular formula is C18H19NO2. The van der Waals surface area contributed by atoms with Crippen molar-refractivity contribution in [1.29, 1.82) is 0 Å². The number of aryl methyl sites for hydroxylation is 1. The van der Waals surface area contributed by atoms with Crippen LogP contribution in [-0.2, 0) is 13.0 Å². The van der Waals surface area contributed by atoms with Gasteiger partial charge in [0.05, 0.1) is 0 Å². The average molecular weight is 281 g/mol. The summed E-state index contributed by atoms with van der Waals surface area (Å²) in [4.78, 5) is 14.6. The third-order valence-electron chi connectivity index (χ3n) is 4.24. The number of phenols is 1. The first-order valence-electron chi connectivity index (χ1n) is 7.23. The summed E-state index contributed by atoms with van der Waals surface area (Å²) in [6.45, 7) is 5.12. The van der Waals surface area contributed by atoms with E-state index in [1.54, 1.807) is 6.07 Å². The monoisotopic (exact) mass is 281 g/mol. The molecule has 0 bridgehead atoms. The van der Waals surface area contributed by atoms with Crippen LogP contribution >= 0.6 is 0 Å². The number of rotatable bonds is 2. The third-order valence-corrected chi connectivity index (χ3v) is 4.24. The fourth-order valence-electron chi connectivity index (χ4n) is 3.02. The molecule has 108 valence electrons. The van der Waals surface area contributed by atoms with Crippen LogP contribution in [0.4, 0.5) is 0 Å². The highest BCUT2D eigenvalue weighted by Crippen LogP contribution is 2.31. The van der Waals surface area contributed by atoms with Crippen LogP contribution in [0, 0.1) is 13.8 Å². The molecule has 0 saturated carbocycles. The van der Waals surface area contributed by atoms with E-state index in [9.17, 15) is 9.90 Å². The summed E-state index contributed by atoms with van der Waals surface area (Å²) >= 11 is 0. The summed E-state index contributed by atoms with van der Waals surface area (Å²) in [5, 5.41) is 9.98. The Morgan fingerprint density at radius 2 is 1.90 bits per heavy atom. The summed E-state index contributed by atoms with van der Waals surface area (Å²) < 4.78 is 0. The minimum Gasteiger partial charge on any atom is -0.508 e. The molecule has 0 radical (unpaired) electrons. The summed E-state index contributed by atoms with van der Waals surface area (Å²) in [5.41, 5.74) is 4.59. The van der Waals surface area contributed by atoms with Crippen molar-refractivity contribution in [2.45, 2.75) is 26.8 Å². The van der Waals surface area contributed by atoms with Gasteiger partial charge in [-0.25, -0.2) is 0 Å². The Morgan fingerprint density at radius 1 is 1.19 bits per heavy atom. The van der Waals surface area contributed by atoms with E-state index in [2.05, 4.69) is 0 Å². The number of carbonyl (C=O) groups excluding carboxylic acids is 1. The molecule has 0 aromatic heterocycles. The molecule has 3 heteroatoms. The minimum atomic E-state index is 0.0246. The Morgan fingerprint density at radius 3 is 2.62 bits per heavy atom. The molecule has 0 atom stereocenters. The fraction of sp³-hybridized carbons (Fsp3) is 0.278. The first-order valence-corrected chi connectivity index (χ1v) is 7.23. The Kier molecular flexibility index (Phi) is 3.42. The maximum Gasteiger partial charge on any atom is 0.254 e. The van der Waals surface area contributed by atoms with E-state index >= 15 is 0 Å². The van der Waals surface area contributed by atoms with Gasteiger partial charge in [0.1, 0.15) is 5.75 Å². The van der Waals surface area contributed by atoms with Crippen LogP contribution in [0.5, 0.6) is 5.75 Å². The molecule has 0 unspecified atom stereocenters. The van der Waals surface area contributed by atoms with Crippen LogP contribution in [0.2, 0.25) is 0 Å². The van der Waals surface area contributed by atoms with Gasteiger partial charge in [0, 0.05) is 24.2 Å². The van der Waals surface area contributed by atoms with Gasteiger partial charge in [0.2, 0.25) is 0 Å². The Labute approximate surface area is 124 Å². The van der Waals surface area contributed by atoms with Crippen molar-refractivity contribution in [3.05, 3.63) is 64.2 Å². The smallest absolute Gasteiger partial charge is 0.254 e. The third kappa shape index (κ3) is 2.40. The maximum absolute atomic E-state index is 12.8. The molecule has 0 fully saturated rings. The van der Waals surface area contributed by atoms with E-state index in [-0.39, 0.29) is 11.7 Å². The van der Waals surface area contributed by atoms with Gasteiger partial charge in [-0.3, -0.25) is 4.79 Å². The summed E-state index contributed by atoms with van der Waals surface area (Å²) in [6.07, 6.45) is 0.848. The number of carbonyl (C=O) groups is 1. The molecule has 0 spiro atoms. The zero-order chi connectivity index (χ0) is 15.0. The van der Waals surface area contributed by atoms with E-state index in [1.807, 2.05) is 49.1 Å². The highest BCUT2D eigenvalue weighted by atomic mass is 16.3. The quantitative estimate of drug-likeness (QED) is 0.918. The lowest BCUT2D eigenvalue weighted by molar-refractivity contribution is 0.0725. The van der Waals surface area contributed by atoms with Crippen molar-refractivity contribution < 1.29 is 9.90 Å². The topological polar surface area (TPSA) is 40.5 Å². The largest absolute Gasteiger partial charge is 0.508 e. The highest BCUT2D eigenvalue weighted by Gasteiger charge is 2.28. The van der Waals surface area contributed by atoms with Gasteiger partial charge in [0.25, 0.3) is 5.91 Å². The van der Waals surface area contributed by atoms with Crippen molar-refractivity contribution >= 4 is 5.91 Å². The number of phenolic OH excluding ortho intramolecular Hbond substituents is 1. The molecule has 3 rings (SSSR count). The predicted molar refractivity (Wildman–Crippen MR) is 82.5 cm³/mol. The van der Waals surface area contributed by atoms with Gasteiger partial charge in [-0.15, -0.1) is 0 Å². The molecular weight excluding hydrogens is 262 g/mol. The lowest BCUT2D eigenvalue weighted by atomic mass is 9.90. The number of aromatic hydroxyl groups is 1. The van der Waals surface area contributed by atoms with Gasteiger partial charge in [-0.2, -0.15) is 0 Å². The Hall–Kier alpha value is -2.29. The number of fused-ring (bicyclic) bond motifs is 1. The molecule has 0 saturated heterocycles. The molecule has 1 aliphatic rings. The normalized spacial score (nSPS) is 14.2. The second-order valence-electron chi connectivity index (χ2n) is 5.65. The van der Waals surface area contributed by atoms with Crippen LogP contribution in [0.1, 0.15) is 32.6 Å². The van der Waals surface area contributed by atoms with E-state index in [4.69, 9.17) is 0 Å². The number of nitrogens with zero attached hydrogens (tertiary/aromatic N) is 1. The molecule has 0 aliphatic carbocycles. The molecule has 21 heavy (non-hydrogen) atoms. The SMILES string of the molecule is Cc1cc(O)c(C)c2c1CCN(Cc1ccccc1)C2=O. The predicted octanol–water partition coefficient (Wildman–Crippen LogP) is 3.21. The average Bonchev–Trinajstić information content (AvgIpc) is 2.48. The van der Waals surface area contributed by atoms with E-state index in [0.717, 1.165) is 29.7 Å². The van der Waals surface area contributed by atoms with Gasteiger partial charge in [0.15, 0.2) is 0 Å². The number of hydrogen-bond donors (Lipinski definition) is 1. The van der Waals surface area contributed by atoms with Crippen LogP contribution in [0.15, 0.2) is 36.4 Å². The second-order valence-corrected chi connectivity index (χ2v) is 5.65. The van der Waals surface area contributed by atoms with Gasteiger partial charge >= 0.3 is 0 Å². The lowest BCUT2D eigenvalue weighted by Crippen LogP contribution is -2.38. The number of hydrogen-bond acceptors (Lipinski definition) is 2.